The van der Waals surface area contributed by atoms with Gasteiger partial charge in [0.2, 0.25) is 5.75 Å². The number of nitrogens with zero attached hydrogens (tertiary/aromatic N) is 2. The molecule has 9 heteroatoms. The SMILES string of the molecule is CN=C(NCc1cc(OC)c(OC)c(OC)c1)NCc1ncc(C)c(OC)c1C.I. The molecule has 0 aliphatic heterocycles. The minimum absolute atomic E-state index is 0. The van der Waals surface area contributed by atoms with E-state index in [1.54, 1.807) is 35.5 Å². The zero-order chi connectivity index (χ0) is 21.4. The molecule has 0 aliphatic carbocycles. The number of benzene rings is 1. The first-order valence-corrected chi connectivity index (χ1v) is 9.21. The topological polar surface area (TPSA) is 86.2 Å². The predicted octanol–water partition coefficient (Wildman–Crippen LogP) is 3.22. The van der Waals surface area contributed by atoms with Crippen molar-refractivity contribution in [1.82, 2.24) is 15.6 Å². The van der Waals surface area contributed by atoms with E-state index in [1.807, 2.05) is 32.2 Å². The first-order chi connectivity index (χ1) is 14.0. The van der Waals surface area contributed by atoms with Crippen LogP contribution in [0.25, 0.3) is 0 Å². The van der Waals surface area contributed by atoms with Crippen molar-refractivity contribution in [2.45, 2.75) is 26.9 Å². The number of aliphatic imine (C=N–C) groups is 1. The number of ether oxygens (including phenoxy) is 4. The van der Waals surface area contributed by atoms with E-state index >= 15 is 0 Å². The van der Waals surface area contributed by atoms with Gasteiger partial charge in [0.05, 0.1) is 40.7 Å². The zero-order valence-corrected chi connectivity index (χ0v) is 20.9. The highest BCUT2D eigenvalue weighted by Gasteiger charge is 2.14. The molecule has 0 saturated carbocycles. The summed E-state index contributed by atoms with van der Waals surface area (Å²) in [5, 5.41) is 6.56. The Morgan fingerprint density at radius 2 is 1.47 bits per heavy atom. The Labute approximate surface area is 195 Å². The summed E-state index contributed by atoms with van der Waals surface area (Å²) in [6.07, 6.45) is 1.81. The highest BCUT2D eigenvalue weighted by molar-refractivity contribution is 14.0. The van der Waals surface area contributed by atoms with Crippen LogP contribution in [0.3, 0.4) is 0 Å². The van der Waals surface area contributed by atoms with Gasteiger partial charge in [0.25, 0.3) is 0 Å². The summed E-state index contributed by atoms with van der Waals surface area (Å²) in [5.74, 6) is 3.30. The summed E-state index contributed by atoms with van der Waals surface area (Å²) < 4.78 is 21.6. The second-order valence-corrected chi connectivity index (χ2v) is 6.36. The molecule has 1 aromatic carbocycles. The Balaban J connectivity index is 0.00000450. The van der Waals surface area contributed by atoms with E-state index in [0.717, 1.165) is 28.1 Å². The average Bonchev–Trinajstić information content (AvgIpc) is 2.74. The molecule has 0 aliphatic rings. The summed E-state index contributed by atoms with van der Waals surface area (Å²) in [5.41, 5.74) is 3.90. The third-order valence-electron chi connectivity index (χ3n) is 4.58. The van der Waals surface area contributed by atoms with Crippen LogP contribution < -0.4 is 29.6 Å². The predicted molar refractivity (Wildman–Crippen MR) is 129 cm³/mol. The van der Waals surface area contributed by atoms with Crippen LogP contribution in [-0.4, -0.2) is 46.4 Å². The van der Waals surface area contributed by atoms with Crippen molar-refractivity contribution in [1.29, 1.82) is 0 Å². The fourth-order valence-electron chi connectivity index (χ4n) is 3.06. The summed E-state index contributed by atoms with van der Waals surface area (Å²) in [6, 6.07) is 3.80. The minimum atomic E-state index is 0. The van der Waals surface area contributed by atoms with E-state index in [1.165, 1.54) is 0 Å². The number of rotatable bonds is 8. The molecule has 0 spiro atoms. The van der Waals surface area contributed by atoms with Gasteiger partial charge < -0.3 is 29.6 Å². The summed E-state index contributed by atoms with van der Waals surface area (Å²) in [6.45, 7) is 5.04. The molecule has 2 N–H and O–H groups in total. The number of hydrogen-bond donors (Lipinski definition) is 2. The molecule has 30 heavy (non-hydrogen) atoms. The van der Waals surface area contributed by atoms with E-state index < -0.39 is 0 Å². The first kappa shape index (κ1) is 25.6. The molecule has 0 bridgehead atoms. The van der Waals surface area contributed by atoms with Crippen LogP contribution in [0.5, 0.6) is 23.0 Å². The third-order valence-corrected chi connectivity index (χ3v) is 4.58. The number of nitrogens with one attached hydrogen (secondary N) is 2. The quantitative estimate of drug-likeness (QED) is 0.308. The number of methoxy groups -OCH3 is 4. The van der Waals surface area contributed by atoms with Crippen molar-refractivity contribution in [3.8, 4) is 23.0 Å². The van der Waals surface area contributed by atoms with Crippen molar-refractivity contribution < 1.29 is 18.9 Å². The molecule has 0 fully saturated rings. The summed E-state index contributed by atoms with van der Waals surface area (Å²) in [7, 11) is 8.17. The average molecular weight is 530 g/mol. The summed E-state index contributed by atoms with van der Waals surface area (Å²) >= 11 is 0. The van der Waals surface area contributed by atoms with E-state index in [4.69, 9.17) is 18.9 Å². The third kappa shape index (κ3) is 6.04. The maximum Gasteiger partial charge on any atom is 0.203 e. The fourth-order valence-corrected chi connectivity index (χ4v) is 3.06. The van der Waals surface area contributed by atoms with Gasteiger partial charge in [-0.25, -0.2) is 0 Å². The smallest absolute Gasteiger partial charge is 0.203 e. The second-order valence-electron chi connectivity index (χ2n) is 6.36. The Morgan fingerprint density at radius 3 is 1.97 bits per heavy atom. The lowest BCUT2D eigenvalue weighted by atomic mass is 10.1. The molecule has 0 unspecified atom stereocenters. The molecule has 1 aromatic heterocycles. The highest BCUT2D eigenvalue weighted by Crippen LogP contribution is 2.38. The van der Waals surface area contributed by atoms with Crippen molar-refractivity contribution >= 4 is 29.9 Å². The monoisotopic (exact) mass is 530 g/mol. The van der Waals surface area contributed by atoms with Crippen LogP contribution in [0.1, 0.15) is 22.4 Å². The van der Waals surface area contributed by atoms with Crippen LogP contribution in [0.4, 0.5) is 0 Å². The number of aryl methyl sites for hydroxylation is 1. The zero-order valence-electron chi connectivity index (χ0n) is 18.6. The second kappa shape index (κ2) is 12.3. The Morgan fingerprint density at radius 1 is 0.900 bits per heavy atom. The van der Waals surface area contributed by atoms with E-state index in [-0.39, 0.29) is 24.0 Å². The van der Waals surface area contributed by atoms with E-state index in [0.29, 0.717) is 36.3 Å². The number of hydrogen-bond acceptors (Lipinski definition) is 6. The number of pyridine rings is 1. The Hall–Kier alpha value is -2.43. The summed E-state index contributed by atoms with van der Waals surface area (Å²) in [4.78, 5) is 8.78. The molecule has 8 nitrogen and oxygen atoms in total. The molecule has 2 aromatic rings. The Bertz CT molecular complexity index is 849. The molecule has 0 saturated heterocycles. The molecule has 166 valence electrons. The van der Waals surface area contributed by atoms with Gasteiger partial charge >= 0.3 is 0 Å². The maximum atomic E-state index is 5.47. The molecule has 0 radical (unpaired) electrons. The van der Waals surface area contributed by atoms with Gasteiger partial charge in [0.15, 0.2) is 17.5 Å². The highest BCUT2D eigenvalue weighted by atomic mass is 127. The minimum Gasteiger partial charge on any atom is -0.496 e. The van der Waals surface area contributed by atoms with E-state index in [2.05, 4.69) is 20.6 Å². The number of guanidine groups is 1. The molecule has 1 heterocycles. The largest absolute Gasteiger partial charge is 0.496 e. The molecule has 2 rings (SSSR count). The molecular weight excluding hydrogens is 499 g/mol. The van der Waals surface area contributed by atoms with Crippen LogP contribution in [0.2, 0.25) is 0 Å². The molecule has 0 atom stereocenters. The van der Waals surface area contributed by atoms with Crippen molar-refractivity contribution in [3.05, 3.63) is 40.7 Å². The first-order valence-electron chi connectivity index (χ1n) is 9.21. The number of halogens is 1. The van der Waals surface area contributed by atoms with Gasteiger partial charge in [0, 0.05) is 30.9 Å². The van der Waals surface area contributed by atoms with Crippen LogP contribution in [0, 0.1) is 13.8 Å². The van der Waals surface area contributed by atoms with Crippen LogP contribution in [0.15, 0.2) is 23.3 Å². The molecule has 0 amide bonds. The van der Waals surface area contributed by atoms with Crippen LogP contribution >= 0.6 is 24.0 Å². The standard InChI is InChI=1S/C21H30N4O4.HI/c1-13-10-23-16(14(2)19(13)28-6)12-25-21(22-3)24-11-15-8-17(26-4)20(29-7)18(9-15)27-5;/h8-10H,11-12H2,1-7H3,(H2,22,24,25);1H. The lowest BCUT2D eigenvalue weighted by Gasteiger charge is -2.17. The van der Waals surface area contributed by atoms with Crippen molar-refractivity contribution in [2.75, 3.05) is 35.5 Å². The fraction of sp³-hybridized carbons (Fsp3) is 0.429. The van der Waals surface area contributed by atoms with Gasteiger partial charge in [-0.3, -0.25) is 9.98 Å². The molecular formula is C21H31IN4O4. The normalized spacial score (nSPS) is 10.7. The van der Waals surface area contributed by atoms with Gasteiger partial charge in [-0.05, 0) is 31.5 Å². The van der Waals surface area contributed by atoms with Gasteiger partial charge in [-0.15, -0.1) is 24.0 Å². The van der Waals surface area contributed by atoms with Crippen LogP contribution in [-0.2, 0) is 13.1 Å². The van der Waals surface area contributed by atoms with Crippen molar-refractivity contribution in [2.24, 2.45) is 4.99 Å². The van der Waals surface area contributed by atoms with Gasteiger partial charge in [-0.1, -0.05) is 0 Å². The van der Waals surface area contributed by atoms with Gasteiger partial charge in [-0.2, -0.15) is 0 Å². The maximum absolute atomic E-state index is 5.47. The number of aromatic nitrogens is 1. The van der Waals surface area contributed by atoms with Crippen molar-refractivity contribution in [3.63, 3.8) is 0 Å². The van der Waals surface area contributed by atoms with Gasteiger partial charge in [0.1, 0.15) is 5.75 Å². The van der Waals surface area contributed by atoms with E-state index in [9.17, 15) is 0 Å². The lowest BCUT2D eigenvalue weighted by Crippen LogP contribution is -2.36. The lowest BCUT2D eigenvalue weighted by molar-refractivity contribution is 0.323. The Kier molecular flexibility index (Phi) is 10.5.